The molecule has 0 saturated heterocycles. The molecule has 0 aromatic heterocycles. The average molecular weight is 433 g/mol. The number of likely N-dealkylation sites (N-methyl/N-ethyl adjacent to an activating group) is 1. The fourth-order valence-corrected chi connectivity index (χ4v) is 4.16. The molecule has 4 nitrogen and oxygen atoms in total. The van der Waals surface area contributed by atoms with Crippen LogP contribution in [0.15, 0.2) is 53.0 Å². The number of carbonyl (C=O) groups is 2. The lowest BCUT2D eigenvalue weighted by atomic mass is 9.77. The molecular formula is C21H22BrFN2O2. The minimum atomic E-state index is -0.671. The topological polar surface area (TPSA) is 49.4 Å². The van der Waals surface area contributed by atoms with Gasteiger partial charge in [0, 0.05) is 11.5 Å². The van der Waals surface area contributed by atoms with Crippen molar-refractivity contribution >= 4 is 33.4 Å². The smallest absolute Gasteiger partial charge is 0.244 e. The number of amides is 2. The van der Waals surface area contributed by atoms with Crippen molar-refractivity contribution in [3.63, 3.8) is 0 Å². The first-order chi connectivity index (χ1) is 12.9. The molecule has 3 rings (SSSR count). The van der Waals surface area contributed by atoms with Crippen molar-refractivity contribution in [2.45, 2.75) is 31.1 Å². The summed E-state index contributed by atoms with van der Waals surface area (Å²) >= 11 is 3.39. The van der Waals surface area contributed by atoms with Gasteiger partial charge in [-0.05, 0) is 58.6 Å². The van der Waals surface area contributed by atoms with E-state index in [9.17, 15) is 14.0 Å². The van der Waals surface area contributed by atoms with E-state index in [0.29, 0.717) is 18.5 Å². The number of rotatable bonds is 5. The second kappa shape index (κ2) is 8.21. The zero-order valence-corrected chi connectivity index (χ0v) is 16.8. The summed E-state index contributed by atoms with van der Waals surface area (Å²) in [5.74, 6) is -0.667. The highest BCUT2D eigenvalue weighted by Crippen LogP contribution is 2.42. The monoisotopic (exact) mass is 432 g/mol. The van der Waals surface area contributed by atoms with Gasteiger partial charge in [-0.2, -0.15) is 0 Å². The maximum Gasteiger partial charge on any atom is 0.244 e. The van der Waals surface area contributed by atoms with Gasteiger partial charge in [0.2, 0.25) is 11.8 Å². The van der Waals surface area contributed by atoms with Gasteiger partial charge in [0.25, 0.3) is 0 Å². The Bertz CT molecular complexity index is 832. The summed E-state index contributed by atoms with van der Waals surface area (Å²) in [6.45, 7) is -0.0386. The summed E-state index contributed by atoms with van der Waals surface area (Å²) in [7, 11) is 1.64. The second-order valence-electron chi connectivity index (χ2n) is 6.99. The maximum absolute atomic E-state index is 13.3. The van der Waals surface area contributed by atoms with E-state index in [1.165, 1.54) is 17.0 Å². The van der Waals surface area contributed by atoms with E-state index in [1.54, 1.807) is 25.2 Å². The Morgan fingerprint density at radius 2 is 1.74 bits per heavy atom. The molecule has 1 aliphatic rings. The first kappa shape index (κ1) is 19.5. The number of hydrogen-bond donors (Lipinski definition) is 1. The zero-order valence-electron chi connectivity index (χ0n) is 15.2. The fourth-order valence-electron chi connectivity index (χ4n) is 3.78. The fraction of sp³-hybridized carbons (Fsp3) is 0.333. The predicted octanol–water partition coefficient (Wildman–Crippen LogP) is 4.50. The van der Waals surface area contributed by atoms with Crippen LogP contribution in [-0.2, 0) is 15.0 Å². The molecular weight excluding hydrogens is 411 g/mol. The van der Waals surface area contributed by atoms with Gasteiger partial charge in [0.1, 0.15) is 5.82 Å². The number of para-hydroxylation sites is 1. The van der Waals surface area contributed by atoms with Gasteiger partial charge in [-0.25, -0.2) is 4.39 Å². The van der Waals surface area contributed by atoms with Crippen LogP contribution in [0.3, 0.4) is 0 Å². The molecule has 2 aromatic rings. The van der Waals surface area contributed by atoms with Gasteiger partial charge in [0.15, 0.2) is 0 Å². The molecule has 2 aromatic carbocycles. The second-order valence-corrected chi connectivity index (χ2v) is 7.84. The maximum atomic E-state index is 13.3. The molecule has 0 bridgehead atoms. The molecule has 0 heterocycles. The van der Waals surface area contributed by atoms with Gasteiger partial charge in [-0.15, -0.1) is 0 Å². The first-order valence-electron chi connectivity index (χ1n) is 8.98. The molecule has 1 aliphatic carbocycles. The minimum absolute atomic E-state index is 0.0386. The van der Waals surface area contributed by atoms with Crippen molar-refractivity contribution in [1.29, 1.82) is 0 Å². The molecule has 1 saturated carbocycles. The van der Waals surface area contributed by atoms with Crippen LogP contribution in [0.1, 0.15) is 31.2 Å². The molecule has 2 amide bonds. The Kier molecular flexibility index (Phi) is 5.95. The molecule has 1 fully saturated rings. The van der Waals surface area contributed by atoms with Crippen LogP contribution in [0.4, 0.5) is 10.1 Å². The normalized spacial score (nSPS) is 15.4. The van der Waals surface area contributed by atoms with Crippen molar-refractivity contribution in [2.24, 2.45) is 0 Å². The van der Waals surface area contributed by atoms with Gasteiger partial charge < -0.3 is 10.2 Å². The van der Waals surface area contributed by atoms with Crippen molar-refractivity contribution < 1.29 is 14.0 Å². The highest BCUT2D eigenvalue weighted by atomic mass is 79.9. The van der Waals surface area contributed by atoms with Gasteiger partial charge in [0.05, 0.1) is 17.6 Å². The third kappa shape index (κ3) is 4.21. The standard InChI is InChI=1S/C21H22BrFN2O2/c1-25(14-19(26)24-18-7-3-2-6-17(18)22)20(27)21(12-4-5-13-21)15-8-10-16(23)11-9-15/h2-3,6-11H,4-5,12-14H2,1H3,(H,24,26). The predicted molar refractivity (Wildman–Crippen MR) is 107 cm³/mol. The van der Waals surface area contributed by atoms with Crippen LogP contribution in [0.5, 0.6) is 0 Å². The van der Waals surface area contributed by atoms with Crippen molar-refractivity contribution in [3.05, 3.63) is 64.4 Å². The number of anilines is 1. The SMILES string of the molecule is CN(CC(=O)Nc1ccccc1Br)C(=O)C1(c2ccc(F)cc2)CCCC1. The molecule has 0 aliphatic heterocycles. The number of halogens is 2. The number of nitrogens with one attached hydrogen (secondary N) is 1. The zero-order chi connectivity index (χ0) is 19.4. The van der Waals surface area contributed by atoms with Crippen molar-refractivity contribution in [2.75, 3.05) is 18.9 Å². The summed E-state index contributed by atoms with van der Waals surface area (Å²) in [5.41, 5.74) is 0.817. The van der Waals surface area contributed by atoms with E-state index < -0.39 is 5.41 Å². The minimum Gasteiger partial charge on any atom is -0.336 e. The van der Waals surface area contributed by atoms with E-state index in [-0.39, 0.29) is 24.2 Å². The Morgan fingerprint density at radius 3 is 2.37 bits per heavy atom. The van der Waals surface area contributed by atoms with Gasteiger partial charge >= 0.3 is 0 Å². The van der Waals surface area contributed by atoms with E-state index >= 15 is 0 Å². The Labute approximate surface area is 166 Å². The molecule has 142 valence electrons. The number of carbonyl (C=O) groups excluding carboxylic acids is 2. The lowest BCUT2D eigenvalue weighted by Gasteiger charge is -2.32. The highest BCUT2D eigenvalue weighted by molar-refractivity contribution is 9.10. The van der Waals surface area contributed by atoms with Crippen LogP contribution < -0.4 is 5.32 Å². The van der Waals surface area contributed by atoms with Crippen LogP contribution >= 0.6 is 15.9 Å². The van der Waals surface area contributed by atoms with Gasteiger partial charge in [-0.3, -0.25) is 9.59 Å². The Hall–Kier alpha value is -2.21. The summed E-state index contributed by atoms with van der Waals surface area (Å²) in [6.07, 6.45) is 3.32. The lowest BCUT2D eigenvalue weighted by molar-refractivity contribution is -0.138. The molecule has 0 radical (unpaired) electrons. The first-order valence-corrected chi connectivity index (χ1v) is 9.78. The summed E-state index contributed by atoms with van der Waals surface area (Å²) < 4.78 is 14.1. The van der Waals surface area contributed by atoms with Crippen LogP contribution in [0.2, 0.25) is 0 Å². The number of benzene rings is 2. The molecule has 0 atom stereocenters. The third-order valence-corrected chi connectivity index (χ3v) is 5.83. The summed E-state index contributed by atoms with van der Waals surface area (Å²) in [6, 6.07) is 13.5. The van der Waals surface area contributed by atoms with Crippen molar-refractivity contribution in [1.82, 2.24) is 4.90 Å². The van der Waals surface area contributed by atoms with E-state index in [4.69, 9.17) is 0 Å². The molecule has 27 heavy (non-hydrogen) atoms. The summed E-state index contributed by atoms with van der Waals surface area (Å²) in [5, 5.41) is 2.82. The Balaban J connectivity index is 1.73. The van der Waals surface area contributed by atoms with Crippen molar-refractivity contribution in [3.8, 4) is 0 Å². The van der Waals surface area contributed by atoms with Crippen LogP contribution in [-0.4, -0.2) is 30.3 Å². The van der Waals surface area contributed by atoms with E-state index in [0.717, 1.165) is 22.9 Å². The van der Waals surface area contributed by atoms with Crippen LogP contribution in [0.25, 0.3) is 0 Å². The number of hydrogen-bond acceptors (Lipinski definition) is 2. The van der Waals surface area contributed by atoms with E-state index in [1.807, 2.05) is 18.2 Å². The lowest BCUT2D eigenvalue weighted by Crippen LogP contribution is -2.46. The van der Waals surface area contributed by atoms with E-state index in [2.05, 4.69) is 21.2 Å². The largest absolute Gasteiger partial charge is 0.336 e. The molecule has 6 heteroatoms. The third-order valence-electron chi connectivity index (χ3n) is 5.14. The van der Waals surface area contributed by atoms with Gasteiger partial charge in [-0.1, -0.05) is 37.1 Å². The summed E-state index contributed by atoms with van der Waals surface area (Å²) in [4.78, 5) is 27.1. The highest BCUT2D eigenvalue weighted by Gasteiger charge is 2.44. The average Bonchev–Trinajstić information content (AvgIpc) is 3.14. The molecule has 0 spiro atoms. The molecule has 0 unspecified atom stereocenters. The Morgan fingerprint density at radius 1 is 1.11 bits per heavy atom. The van der Waals surface area contributed by atoms with Crippen LogP contribution in [0, 0.1) is 5.82 Å². The molecule has 1 N–H and O–H groups in total. The number of nitrogens with zero attached hydrogens (tertiary/aromatic N) is 1. The quantitative estimate of drug-likeness (QED) is 0.755.